The number of aromatic nitrogens is 4. The lowest BCUT2D eigenvalue weighted by molar-refractivity contribution is 0.0602. The number of esters is 1. The predicted octanol–water partition coefficient (Wildman–Crippen LogP) is 1.46. The molecular weight excluding hydrogens is 258 g/mol. The Kier molecular flexibility index (Phi) is 3.69. The van der Waals surface area contributed by atoms with Crippen molar-refractivity contribution in [2.45, 2.75) is 26.7 Å². The number of methoxy groups -OCH3 is 1. The third kappa shape index (κ3) is 2.47. The molecule has 0 amide bonds. The normalized spacial score (nSPS) is 10.8. The second kappa shape index (κ2) is 5.28. The SMILES string of the molecule is COC(=O)c1cnn(-c2cc(C)nc(C(C)C)n2)c1N. The van der Waals surface area contributed by atoms with Crippen LogP contribution in [0.1, 0.15) is 41.6 Å². The number of nitrogens with two attached hydrogens (primary N) is 1. The van der Waals surface area contributed by atoms with Gasteiger partial charge in [0.15, 0.2) is 5.82 Å². The molecule has 20 heavy (non-hydrogen) atoms. The van der Waals surface area contributed by atoms with Gasteiger partial charge in [0, 0.05) is 17.7 Å². The molecule has 0 saturated heterocycles. The summed E-state index contributed by atoms with van der Waals surface area (Å²) in [6, 6.07) is 1.76. The lowest BCUT2D eigenvalue weighted by Gasteiger charge is -2.09. The van der Waals surface area contributed by atoms with E-state index in [2.05, 4.69) is 19.8 Å². The first-order chi connectivity index (χ1) is 9.43. The van der Waals surface area contributed by atoms with Crippen molar-refractivity contribution in [1.29, 1.82) is 0 Å². The number of anilines is 1. The highest BCUT2D eigenvalue weighted by Crippen LogP contribution is 2.19. The van der Waals surface area contributed by atoms with Crippen molar-refractivity contribution in [2.24, 2.45) is 0 Å². The van der Waals surface area contributed by atoms with Gasteiger partial charge >= 0.3 is 5.97 Å². The van der Waals surface area contributed by atoms with Crippen LogP contribution in [0.4, 0.5) is 5.82 Å². The Bertz CT molecular complexity index is 648. The van der Waals surface area contributed by atoms with Crippen LogP contribution in [-0.2, 0) is 4.74 Å². The molecule has 0 aliphatic carbocycles. The molecular formula is C13H17N5O2. The maximum Gasteiger partial charge on any atom is 0.343 e. The average Bonchev–Trinajstić information content (AvgIpc) is 2.79. The summed E-state index contributed by atoms with van der Waals surface area (Å²) in [4.78, 5) is 20.3. The van der Waals surface area contributed by atoms with Crippen LogP contribution in [0.5, 0.6) is 0 Å². The van der Waals surface area contributed by atoms with Crippen LogP contribution in [0.3, 0.4) is 0 Å². The highest BCUT2D eigenvalue weighted by Gasteiger charge is 2.18. The maximum atomic E-state index is 11.5. The Balaban J connectivity index is 2.52. The number of hydrogen-bond acceptors (Lipinski definition) is 6. The van der Waals surface area contributed by atoms with Gasteiger partial charge in [0.05, 0.1) is 13.3 Å². The third-order valence-corrected chi connectivity index (χ3v) is 2.80. The van der Waals surface area contributed by atoms with E-state index in [9.17, 15) is 4.79 Å². The number of rotatable bonds is 3. The molecule has 2 heterocycles. The third-order valence-electron chi connectivity index (χ3n) is 2.80. The zero-order chi connectivity index (χ0) is 14.9. The first kappa shape index (κ1) is 14.0. The molecule has 106 valence electrons. The fourth-order valence-electron chi connectivity index (χ4n) is 1.75. The van der Waals surface area contributed by atoms with Gasteiger partial charge in [-0.05, 0) is 6.92 Å². The molecule has 7 heteroatoms. The lowest BCUT2D eigenvalue weighted by atomic mass is 10.2. The summed E-state index contributed by atoms with van der Waals surface area (Å²) >= 11 is 0. The molecule has 7 nitrogen and oxygen atoms in total. The molecule has 0 unspecified atom stereocenters. The molecule has 0 aromatic carbocycles. The van der Waals surface area contributed by atoms with Gasteiger partial charge in [0.25, 0.3) is 0 Å². The van der Waals surface area contributed by atoms with Crippen LogP contribution in [0.25, 0.3) is 5.82 Å². The van der Waals surface area contributed by atoms with Crippen LogP contribution < -0.4 is 5.73 Å². The summed E-state index contributed by atoms with van der Waals surface area (Å²) < 4.78 is 6.06. The van der Waals surface area contributed by atoms with E-state index in [-0.39, 0.29) is 17.3 Å². The summed E-state index contributed by atoms with van der Waals surface area (Å²) in [6.45, 7) is 5.88. The van der Waals surface area contributed by atoms with Crippen LogP contribution in [-0.4, -0.2) is 32.8 Å². The Labute approximate surface area is 116 Å². The Morgan fingerprint density at radius 3 is 2.70 bits per heavy atom. The molecule has 2 rings (SSSR count). The quantitative estimate of drug-likeness (QED) is 0.852. The van der Waals surface area contributed by atoms with Crippen molar-refractivity contribution in [3.63, 3.8) is 0 Å². The number of ether oxygens (including phenoxy) is 1. The van der Waals surface area contributed by atoms with E-state index in [0.29, 0.717) is 11.6 Å². The number of aryl methyl sites for hydroxylation is 1. The minimum Gasteiger partial charge on any atom is -0.465 e. The van der Waals surface area contributed by atoms with Crippen molar-refractivity contribution in [1.82, 2.24) is 19.7 Å². The van der Waals surface area contributed by atoms with Gasteiger partial charge in [0.1, 0.15) is 17.2 Å². The predicted molar refractivity (Wildman–Crippen MR) is 73.7 cm³/mol. The number of carbonyl (C=O) groups is 1. The van der Waals surface area contributed by atoms with E-state index in [0.717, 1.165) is 5.69 Å². The second-order valence-corrected chi connectivity index (χ2v) is 4.73. The van der Waals surface area contributed by atoms with Crippen LogP contribution in [0.15, 0.2) is 12.3 Å². The monoisotopic (exact) mass is 275 g/mol. The fourth-order valence-corrected chi connectivity index (χ4v) is 1.75. The minimum absolute atomic E-state index is 0.186. The Hall–Kier alpha value is -2.44. The van der Waals surface area contributed by atoms with Crippen molar-refractivity contribution in [3.05, 3.63) is 29.3 Å². The van der Waals surface area contributed by atoms with Crippen LogP contribution >= 0.6 is 0 Å². The number of nitrogens with zero attached hydrogens (tertiary/aromatic N) is 4. The van der Waals surface area contributed by atoms with Gasteiger partial charge < -0.3 is 10.5 Å². The van der Waals surface area contributed by atoms with Crippen molar-refractivity contribution < 1.29 is 9.53 Å². The molecule has 0 bridgehead atoms. The highest BCUT2D eigenvalue weighted by molar-refractivity contribution is 5.94. The fraction of sp³-hybridized carbons (Fsp3) is 0.385. The van der Waals surface area contributed by atoms with Gasteiger partial charge in [-0.25, -0.2) is 14.8 Å². The number of hydrogen-bond donors (Lipinski definition) is 1. The molecule has 2 aromatic rings. The highest BCUT2D eigenvalue weighted by atomic mass is 16.5. The van der Waals surface area contributed by atoms with Crippen molar-refractivity contribution in [3.8, 4) is 5.82 Å². The summed E-state index contributed by atoms with van der Waals surface area (Å²) in [6.07, 6.45) is 1.37. The molecule has 0 atom stereocenters. The smallest absolute Gasteiger partial charge is 0.343 e. The van der Waals surface area contributed by atoms with E-state index in [1.54, 1.807) is 6.07 Å². The number of nitrogen functional groups attached to an aromatic ring is 1. The van der Waals surface area contributed by atoms with Gasteiger partial charge in [-0.15, -0.1) is 0 Å². The summed E-state index contributed by atoms with van der Waals surface area (Å²) in [7, 11) is 1.30. The minimum atomic E-state index is -0.524. The second-order valence-electron chi connectivity index (χ2n) is 4.73. The topological polar surface area (TPSA) is 95.9 Å². The standard InChI is InChI=1S/C13H17N5O2/c1-7(2)12-16-8(3)5-10(17-12)18-11(14)9(6-15-18)13(19)20-4/h5-7H,14H2,1-4H3. The largest absolute Gasteiger partial charge is 0.465 e. The van der Waals surface area contributed by atoms with E-state index in [1.807, 2.05) is 20.8 Å². The molecule has 0 aliphatic rings. The molecule has 0 aliphatic heterocycles. The first-order valence-electron chi connectivity index (χ1n) is 6.21. The van der Waals surface area contributed by atoms with Gasteiger partial charge in [0.2, 0.25) is 0 Å². The zero-order valence-electron chi connectivity index (χ0n) is 11.9. The van der Waals surface area contributed by atoms with Crippen LogP contribution in [0.2, 0.25) is 0 Å². The van der Waals surface area contributed by atoms with E-state index in [4.69, 9.17) is 5.73 Å². The Morgan fingerprint density at radius 1 is 1.40 bits per heavy atom. The average molecular weight is 275 g/mol. The van der Waals surface area contributed by atoms with E-state index in [1.165, 1.54) is 18.0 Å². The van der Waals surface area contributed by atoms with Gasteiger partial charge in [-0.3, -0.25) is 0 Å². The lowest BCUT2D eigenvalue weighted by Crippen LogP contribution is -2.10. The van der Waals surface area contributed by atoms with E-state index < -0.39 is 5.97 Å². The van der Waals surface area contributed by atoms with E-state index >= 15 is 0 Å². The Morgan fingerprint density at radius 2 is 2.10 bits per heavy atom. The van der Waals surface area contributed by atoms with Crippen molar-refractivity contribution in [2.75, 3.05) is 12.8 Å². The first-order valence-corrected chi connectivity index (χ1v) is 6.21. The molecule has 0 radical (unpaired) electrons. The maximum absolute atomic E-state index is 11.5. The number of carbonyl (C=O) groups excluding carboxylic acids is 1. The molecule has 0 saturated carbocycles. The molecule has 2 aromatic heterocycles. The van der Waals surface area contributed by atoms with Crippen molar-refractivity contribution >= 4 is 11.8 Å². The van der Waals surface area contributed by atoms with Crippen LogP contribution in [0, 0.1) is 6.92 Å². The molecule has 2 N–H and O–H groups in total. The molecule has 0 spiro atoms. The summed E-state index contributed by atoms with van der Waals surface area (Å²) in [5.74, 6) is 1.10. The zero-order valence-corrected chi connectivity index (χ0v) is 11.9. The van der Waals surface area contributed by atoms with Gasteiger partial charge in [-0.2, -0.15) is 9.78 Å². The summed E-state index contributed by atoms with van der Waals surface area (Å²) in [5, 5.41) is 4.10. The van der Waals surface area contributed by atoms with Gasteiger partial charge in [-0.1, -0.05) is 13.8 Å². The summed E-state index contributed by atoms with van der Waals surface area (Å²) in [5.41, 5.74) is 6.96. The molecule has 0 fully saturated rings.